The van der Waals surface area contributed by atoms with Crippen molar-refractivity contribution < 1.29 is 9.90 Å². The van der Waals surface area contributed by atoms with Crippen LogP contribution in [0.1, 0.15) is 30.8 Å². The van der Waals surface area contributed by atoms with Crippen molar-refractivity contribution in [1.29, 1.82) is 0 Å². The number of aromatic nitrogens is 4. The second kappa shape index (κ2) is 6.51. The number of aliphatic hydroxyl groups excluding tert-OH is 1. The zero-order valence-electron chi connectivity index (χ0n) is 13.4. The standard InChI is InChI=1S/C15H22N6O2/c1-3-14(22)13-6-12-9-20(4-5-21(12)18-13)10-15(23)17-11-7-16-19(2)8-11/h6-8,14,22H,3-5,9-10H2,1-2H3,(H,17,23). The van der Waals surface area contributed by atoms with E-state index in [2.05, 4.69) is 20.4 Å². The second-order valence-corrected chi connectivity index (χ2v) is 5.87. The Balaban J connectivity index is 1.58. The first-order valence-electron chi connectivity index (χ1n) is 7.80. The van der Waals surface area contributed by atoms with Crippen molar-refractivity contribution in [2.45, 2.75) is 32.5 Å². The van der Waals surface area contributed by atoms with Gasteiger partial charge in [-0.15, -0.1) is 0 Å². The number of aliphatic hydroxyl groups is 1. The lowest BCUT2D eigenvalue weighted by Crippen LogP contribution is -2.39. The van der Waals surface area contributed by atoms with Crippen LogP contribution >= 0.6 is 0 Å². The van der Waals surface area contributed by atoms with Crippen molar-refractivity contribution in [2.75, 3.05) is 18.4 Å². The van der Waals surface area contributed by atoms with Crippen LogP contribution in [0.15, 0.2) is 18.5 Å². The van der Waals surface area contributed by atoms with Crippen molar-refractivity contribution in [1.82, 2.24) is 24.5 Å². The summed E-state index contributed by atoms with van der Waals surface area (Å²) in [5.41, 5.74) is 2.45. The second-order valence-electron chi connectivity index (χ2n) is 5.87. The summed E-state index contributed by atoms with van der Waals surface area (Å²) in [5.74, 6) is -0.0558. The molecule has 2 N–H and O–H groups in total. The van der Waals surface area contributed by atoms with Gasteiger partial charge in [0.25, 0.3) is 0 Å². The zero-order valence-corrected chi connectivity index (χ0v) is 13.4. The van der Waals surface area contributed by atoms with Crippen molar-refractivity contribution in [2.24, 2.45) is 7.05 Å². The molecule has 1 aliphatic heterocycles. The Morgan fingerprint density at radius 1 is 1.48 bits per heavy atom. The lowest BCUT2D eigenvalue weighted by atomic mass is 10.2. The molecule has 3 rings (SSSR count). The average molecular weight is 318 g/mol. The fraction of sp³-hybridized carbons (Fsp3) is 0.533. The van der Waals surface area contributed by atoms with Gasteiger partial charge in [-0.05, 0) is 12.5 Å². The predicted molar refractivity (Wildman–Crippen MR) is 84.6 cm³/mol. The number of anilines is 1. The summed E-state index contributed by atoms with van der Waals surface area (Å²) in [6, 6.07) is 1.93. The number of hydrogen-bond donors (Lipinski definition) is 2. The molecule has 8 heteroatoms. The molecule has 0 saturated heterocycles. The van der Waals surface area contributed by atoms with Crippen LogP contribution < -0.4 is 5.32 Å². The van der Waals surface area contributed by atoms with E-state index >= 15 is 0 Å². The van der Waals surface area contributed by atoms with E-state index in [0.29, 0.717) is 30.9 Å². The first-order chi connectivity index (χ1) is 11.0. The molecule has 3 heterocycles. The molecular formula is C15H22N6O2. The number of rotatable bonds is 5. The number of amides is 1. The van der Waals surface area contributed by atoms with Crippen LogP contribution in [0.5, 0.6) is 0 Å². The first-order valence-corrected chi connectivity index (χ1v) is 7.80. The van der Waals surface area contributed by atoms with E-state index in [-0.39, 0.29) is 5.91 Å². The molecule has 2 aromatic rings. The highest BCUT2D eigenvalue weighted by molar-refractivity contribution is 5.91. The third kappa shape index (κ3) is 3.59. The van der Waals surface area contributed by atoms with Gasteiger partial charge in [0, 0.05) is 26.3 Å². The summed E-state index contributed by atoms with van der Waals surface area (Å²) in [6.07, 6.45) is 3.52. The van der Waals surface area contributed by atoms with Gasteiger partial charge in [-0.25, -0.2) is 0 Å². The van der Waals surface area contributed by atoms with Crippen molar-refractivity contribution in [3.05, 3.63) is 29.8 Å². The molecule has 2 aromatic heterocycles. The summed E-state index contributed by atoms with van der Waals surface area (Å²) in [5, 5.41) is 21.2. The Hall–Kier alpha value is -2.19. The molecule has 1 unspecified atom stereocenters. The molecule has 23 heavy (non-hydrogen) atoms. The Bertz CT molecular complexity index is 692. The maximum atomic E-state index is 12.1. The molecule has 0 spiro atoms. The van der Waals surface area contributed by atoms with Gasteiger partial charge in [0.2, 0.25) is 5.91 Å². The van der Waals surface area contributed by atoms with Crippen LogP contribution in [0.3, 0.4) is 0 Å². The molecule has 1 aliphatic rings. The summed E-state index contributed by atoms with van der Waals surface area (Å²) in [7, 11) is 1.81. The lowest BCUT2D eigenvalue weighted by molar-refractivity contribution is -0.117. The SMILES string of the molecule is CCC(O)c1cc2n(n1)CCN(CC(=O)Nc1cnn(C)c1)C2. The van der Waals surface area contributed by atoms with Gasteiger partial charge in [0.15, 0.2) is 0 Å². The van der Waals surface area contributed by atoms with Crippen molar-refractivity contribution in [3.8, 4) is 0 Å². The number of aryl methyl sites for hydroxylation is 1. The zero-order chi connectivity index (χ0) is 16.4. The van der Waals surface area contributed by atoms with E-state index in [9.17, 15) is 9.90 Å². The van der Waals surface area contributed by atoms with E-state index in [1.807, 2.05) is 24.7 Å². The molecule has 0 bridgehead atoms. The number of carbonyl (C=O) groups excluding carboxylic acids is 1. The number of nitrogens with zero attached hydrogens (tertiary/aromatic N) is 5. The van der Waals surface area contributed by atoms with Gasteiger partial charge in [-0.3, -0.25) is 19.1 Å². The Morgan fingerprint density at radius 2 is 2.30 bits per heavy atom. The highest BCUT2D eigenvalue weighted by Gasteiger charge is 2.22. The van der Waals surface area contributed by atoms with Gasteiger partial charge >= 0.3 is 0 Å². The topological polar surface area (TPSA) is 88.2 Å². The van der Waals surface area contributed by atoms with Crippen LogP contribution in [0, 0.1) is 0 Å². The Morgan fingerprint density at radius 3 is 3.00 bits per heavy atom. The third-order valence-corrected chi connectivity index (χ3v) is 3.98. The van der Waals surface area contributed by atoms with Gasteiger partial charge in [-0.1, -0.05) is 6.92 Å². The first kappa shape index (κ1) is 15.7. The summed E-state index contributed by atoms with van der Waals surface area (Å²) < 4.78 is 3.57. The molecule has 0 saturated carbocycles. The fourth-order valence-electron chi connectivity index (χ4n) is 2.74. The van der Waals surface area contributed by atoms with Gasteiger partial charge in [-0.2, -0.15) is 10.2 Å². The van der Waals surface area contributed by atoms with E-state index in [4.69, 9.17) is 0 Å². The van der Waals surface area contributed by atoms with E-state index in [0.717, 1.165) is 18.8 Å². The van der Waals surface area contributed by atoms with Gasteiger partial charge in [0.1, 0.15) is 0 Å². The fourth-order valence-corrected chi connectivity index (χ4v) is 2.74. The lowest BCUT2D eigenvalue weighted by Gasteiger charge is -2.26. The third-order valence-electron chi connectivity index (χ3n) is 3.98. The van der Waals surface area contributed by atoms with Gasteiger partial charge in [0.05, 0.1) is 42.5 Å². The maximum Gasteiger partial charge on any atom is 0.238 e. The number of hydrogen-bond acceptors (Lipinski definition) is 5. The van der Waals surface area contributed by atoms with Crippen LogP contribution in [0.25, 0.3) is 0 Å². The van der Waals surface area contributed by atoms with E-state index < -0.39 is 6.10 Å². The molecule has 0 radical (unpaired) electrons. The molecule has 0 aromatic carbocycles. The van der Waals surface area contributed by atoms with Crippen LogP contribution in [0.2, 0.25) is 0 Å². The maximum absolute atomic E-state index is 12.1. The highest BCUT2D eigenvalue weighted by Crippen LogP contribution is 2.19. The molecule has 124 valence electrons. The van der Waals surface area contributed by atoms with E-state index in [1.54, 1.807) is 17.1 Å². The molecule has 1 amide bonds. The van der Waals surface area contributed by atoms with Crippen molar-refractivity contribution >= 4 is 11.6 Å². The minimum atomic E-state index is -0.518. The minimum Gasteiger partial charge on any atom is -0.387 e. The molecular weight excluding hydrogens is 296 g/mol. The number of fused-ring (bicyclic) bond motifs is 1. The Kier molecular flexibility index (Phi) is 4.44. The quantitative estimate of drug-likeness (QED) is 0.839. The highest BCUT2D eigenvalue weighted by atomic mass is 16.3. The van der Waals surface area contributed by atoms with Crippen molar-refractivity contribution in [3.63, 3.8) is 0 Å². The minimum absolute atomic E-state index is 0.0558. The number of nitrogens with one attached hydrogen (secondary N) is 1. The number of carbonyl (C=O) groups is 1. The molecule has 1 atom stereocenters. The predicted octanol–water partition coefficient (Wildman–Crippen LogP) is 0.514. The van der Waals surface area contributed by atoms with Crippen LogP contribution in [0.4, 0.5) is 5.69 Å². The summed E-state index contributed by atoms with van der Waals surface area (Å²) in [6.45, 7) is 4.40. The largest absolute Gasteiger partial charge is 0.387 e. The summed E-state index contributed by atoms with van der Waals surface area (Å²) in [4.78, 5) is 14.2. The molecule has 0 aliphatic carbocycles. The normalized spacial score (nSPS) is 16.1. The Labute approximate surface area is 134 Å². The summed E-state index contributed by atoms with van der Waals surface area (Å²) >= 11 is 0. The van der Waals surface area contributed by atoms with Crippen LogP contribution in [-0.4, -0.2) is 48.6 Å². The van der Waals surface area contributed by atoms with E-state index in [1.165, 1.54) is 0 Å². The molecule has 8 nitrogen and oxygen atoms in total. The average Bonchev–Trinajstić information content (AvgIpc) is 3.12. The monoisotopic (exact) mass is 318 g/mol. The molecule has 0 fully saturated rings. The van der Waals surface area contributed by atoms with Gasteiger partial charge < -0.3 is 10.4 Å². The van der Waals surface area contributed by atoms with Crippen LogP contribution in [-0.2, 0) is 24.9 Å². The smallest absolute Gasteiger partial charge is 0.238 e.